The molecule has 2 nitrogen and oxygen atoms in total. The number of aryl methyl sites for hydroxylation is 1. The Morgan fingerprint density at radius 2 is 2.56 bits per heavy atom. The zero-order chi connectivity index (χ0) is 6.69. The van der Waals surface area contributed by atoms with Gasteiger partial charge in [0.15, 0.2) is 0 Å². The fourth-order valence-electron chi connectivity index (χ4n) is 0.640. The highest BCUT2D eigenvalue weighted by molar-refractivity contribution is 7.11. The first-order chi connectivity index (χ1) is 4.33. The summed E-state index contributed by atoms with van der Waals surface area (Å²) in [5, 5.41) is 1.15. The van der Waals surface area contributed by atoms with Crippen molar-refractivity contribution < 1.29 is 0 Å². The molecule has 0 saturated carbocycles. The van der Waals surface area contributed by atoms with Crippen molar-refractivity contribution in [2.45, 2.75) is 13.3 Å². The summed E-state index contributed by atoms with van der Waals surface area (Å²) < 4.78 is 0. The lowest BCUT2D eigenvalue weighted by atomic mass is 10.5. The molecule has 1 aromatic rings. The van der Waals surface area contributed by atoms with E-state index in [1.807, 2.05) is 6.20 Å². The lowest BCUT2D eigenvalue weighted by Crippen LogP contribution is -2.01. The molecule has 3 heteroatoms. The van der Waals surface area contributed by atoms with Gasteiger partial charge >= 0.3 is 0 Å². The Balaban J connectivity index is 2.61. The number of nitrogens with two attached hydrogens (primary N) is 1. The van der Waals surface area contributed by atoms with Crippen molar-refractivity contribution in [3.63, 3.8) is 0 Å². The molecule has 0 atom stereocenters. The minimum atomic E-state index is 0.701. The van der Waals surface area contributed by atoms with E-state index in [-0.39, 0.29) is 0 Å². The molecule has 0 aliphatic carbocycles. The highest BCUT2D eigenvalue weighted by Gasteiger charge is 1.94. The molecule has 0 amide bonds. The van der Waals surface area contributed by atoms with Crippen molar-refractivity contribution in [3.8, 4) is 0 Å². The Hall–Kier alpha value is -0.410. The van der Waals surface area contributed by atoms with Gasteiger partial charge in [-0.2, -0.15) is 0 Å². The third-order valence-electron chi connectivity index (χ3n) is 1.03. The zero-order valence-electron chi connectivity index (χ0n) is 5.42. The first-order valence-electron chi connectivity index (χ1n) is 2.94. The zero-order valence-corrected chi connectivity index (χ0v) is 6.24. The Morgan fingerprint density at radius 1 is 1.78 bits per heavy atom. The van der Waals surface area contributed by atoms with Gasteiger partial charge in [0.25, 0.3) is 0 Å². The van der Waals surface area contributed by atoms with Crippen LogP contribution in [0.3, 0.4) is 0 Å². The molecule has 0 unspecified atom stereocenters. The van der Waals surface area contributed by atoms with Crippen LogP contribution in [0.15, 0.2) is 6.20 Å². The van der Waals surface area contributed by atoms with E-state index in [4.69, 9.17) is 5.73 Å². The summed E-state index contributed by atoms with van der Waals surface area (Å²) in [6.07, 6.45) is 2.80. The molecule has 1 rings (SSSR count). The molecule has 0 radical (unpaired) electrons. The van der Waals surface area contributed by atoms with Crippen LogP contribution in [-0.4, -0.2) is 11.5 Å². The van der Waals surface area contributed by atoms with Crippen molar-refractivity contribution in [1.29, 1.82) is 0 Å². The van der Waals surface area contributed by atoms with Crippen molar-refractivity contribution in [2.75, 3.05) is 6.54 Å². The largest absolute Gasteiger partial charge is 0.330 e. The number of thiazole rings is 1. The molecular weight excluding hydrogens is 132 g/mol. The minimum Gasteiger partial charge on any atom is -0.330 e. The minimum absolute atomic E-state index is 0.701. The standard InChI is InChI=1S/C6H10N2S/c1-5-4-8-6(9-5)2-3-7/h4H,2-3,7H2,1H3. The Kier molecular flexibility index (Phi) is 2.19. The van der Waals surface area contributed by atoms with Gasteiger partial charge in [-0.15, -0.1) is 11.3 Å². The van der Waals surface area contributed by atoms with Gasteiger partial charge in [0.2, 0.25) is 0 Å². The predicted octanol–water partition coefficient (Wildman–Crippen LogP) is 0.953. The van der Waals surface area contributed by atoms with Gasteiger partial charge in [0, 0.05) is 17.5 Å². The van der Waals surface area contributed by atoms with Gasteiger partial charge in [0.05, 0.1) is 5.01 Å². The van der Waals surface area contributed by atoms with Crippen molar-refractivity contribution in [2.24, 2.45) is 5.73 Å². The molecule has 50 valence electrons. The normalized spacial score (nSPS) is 10.0. The molecule has 0 aliphatic heterocycles. The summed E-state index contributed by atoms with van der Waals surface area (Å²) in [5.74, 6) is 0. The Morgan fingerprint density at radius 3 is 3.00 bits per heavy atom. The molecule has 0 saturated heterocycles. The second kappa shape index (κ2) is 2.94. The maximum Gasteiger partial charge on any atom is 0.0940 e. The molecule has 0 aliphatic rings. The Labute approximate surface area is 58.7 Å². The number of nitrogens with zero attached hydrogens (tertiary/aromatic N) is 1. The summed E-state index contributed by atoms with van der Waals surface area (Å²) in [5.41, 5.74) is 5.34. The fraction of sp³-hybridized carbons (Fsp3) is 0.500. The summed E-state index contributed by atoms with van der Waals surface area (Å²) in [6, 6.07) is 0. The topological polar surface area (TPSA) is 38.9 Å². The third-order valence-corrected chi connectivity index (χ3v) is 2.00. The van der Waals surface area contributed by atoms with E-state index >= 15 is 0 Å². The van der Waals surface area contributed by atoms with Crippen molar-refractivity contribution in [1.82, 2.24) is 4.98 Å². The number of hydrogen-bond donors (Lipinski definition) is 1. The second-order valence-corrected chi connectivity index (χ2v) is 3.22. The lowest BCUT2D eigenvalue weighted by Gasteiger charge is -1.85. The summed E-state index contributed by atoms with van der Waals surface area (Å²) in [4.78, 5) is 5.41. The van der Waals surface area contributed by atoms with Gasteiger partial charge in [-0.3, -0.25) is 0 Å². The average Bonchev–Trinajstić information content (AvgIpc) is 2.17. The van der Waals surface area contributed by atoms with Crippen LogP contribution in [0.5, 0.6) is 0 Å². The predicted molar refractivity (Wildman–Crippen MR) is 39.6 cm³/mol. The quantitative estimate of drug-likeness (QED) is 0.667. The molecule has 9 heavy (non-hydrogen) atoms. The van der Waals surface area contributed by atoms with Gasteiger partial charge < -0.3 is 5.73 Å². The highest BCUT2D eigenvalue weighted by Crippen LogP contribution is 2.10. The van der Waals surface area contributed by atoms with Crippen molar-refractivity contribution in [3.05, 3.63) is 16.1 Å². The van der Waals surface area contributed by atoms with E-state index in [9.17, 15) is 0 Å². The van der Waals surface area contributed by atoms with Gasteiger partial charge in [0.1, 0.15) is 0 Å². The third kappa shape index (κ3) is 1.77. The maximum absolute atomic E-state index is 5.34. The molecule has 1 aromatic heterocycles. The maximum atomic E-state index is 5.34. The van der Waals surface area contributed by atoms with Gasteiger partial charge in [-0.05, 0) is 13.5 Å². The number of hydrogen-bond acceptors (Lipinski definition) is 3. The van der Waals surface area contributed by atoms with Crippen LogP contribution in [0.2, 0.25) is 0 Å². The van der Waals surface area contributed by atoms with Crippen LogP contribution in [0, 0.1) is 6.92 Å². The molecule has 1 heterocycles. The smallest absolute Gasteiger partial charge is 0.0940 e. The van der Waals surface area contributed by atoms with Gasteiger partial charge in [-0.1, -0.05) is 0 Å². The highest BCUT2D eigenvalue weighted by atomic mass is 32.1. The van der Waals surface area contributed by atoms with Gasteiger partial charge in [-0.25, -0.2) is 4.98 Å². The first-order valence-corrected chi connectivity index (χ1v) is 3.76. The van der Waals surface area contributed by atoms with E-state index in [0.29, 0.717) is 6.54 Å². The van der Waals surface area contributed by atoms with E-state index in [1.165, 1.54) is 4.88 Å². The van der Waals surface area contributed by atoms with E-state index in [2.05, 4.69) is 11.9 Å². The molecular formula is C6H10N2S. The van der Waals surface area contributed by atoms with Crippen LogP contribution in [0.25, 0.3) is 0 Å². The molecule has 2 N–H and O–H groups in total. The number of rotatable bonds is 2. The summed E-state index contributed by atoms with van der Waals surface area (Å²) >= 11 is 1.72. The molecule has 0 fully saturated rings. The fourth-order valence-corrected chi connectivity index (χ4v) is 1.44. The van der Waals surface area contributed by atoms with E-state index in [0.717, 1.165) is 11.4 Å². The van der Waals surface area contributed by atoms with Crippen LogP contribution in [0.1, 0.15) is 9.88 Å². The Bertz CT molecular complexity index is 183. The van der Waals surface area contributed by atoms with Crippen LogP contribution in [0.4, 0.5) is 0 Å². The first kappa shape index (κ1) is 6.71. The monoisotopic (exact) mass is 142 g/mol. The molecule has 0 aromatic carbocycles. The second-order valence-electron chi connectivity index (χ2n) is 1.90. The summed E-state index contributed by atoms with van der Waals surface area (Å²) in [6.45, 7) is 2.75. The summed E-state index contributed by atoms with van der Waals surface area (Å²) in [7, 11) is 0. The number of aromatic nitrogens is 1. The van der Waals surface area contributed by atoms with Crippen LogP contribution >= 0.6 is 11.3 Å². The lowest BCUT2D eigenvalue weighted by molar-refractivity contribution is 0.953. The van der Waals surface area contributed by atoms with E-state index in [1.54, 1.807) is 11.3 Å². The van der Waals surface area contributed by atoms with Crippen molar-refractivity contribution >= 4 is 11.3 Å². The molecule has 0 spiro atoms. The van der Waals surface area contributed by atoms with Crippen LogP contribution in [-0.2, 0) is 6.42 Å². The average molecular weight is 142 g/mol. The van der Waals surface area contributed by atoms with E-state index < -0.39 is 0 Å². The molecule has 0 bridgehead atoms. The SMILES string of the molecule is Cc1cnc(CCN)s1. The van der Waals surface area contributed by atoms with Crippen LogP contribution < -0.4 is 5.73 Å².